The van der Waals surface area contributed by atoms with Crippen LogP contribution in [0.15, 0.2) is 59.8 Å². The van der Waals surface area contributed by atoms with Crippen molar-refractivity contribution >= 4 is 34.5 Å². The monoisotopic (exact) mass is 527 g/mol. The number of halogens is 1. The minimum atomic E-state index is -0.461. The van der Waals surface area contributed by atoms with Crippen molar-refractivity contribution in [2.45, 2.75) is 25.0 Å². The van der Waals surface area contributed by atoms with Crippen LogP contribution in [0.3, 0.4) is 0 Å². The SMILES string of the molecule is CN=C(Nc1ccc(OCC2(C)C=CC=CN2)c(Cl)c1)c1cc([N+](=O)[O-])c(OC2CCOC2)cc1NC. The molecule has 1 saturated heterocycles. The summed E-state index contributed by atoms with van der Waals surface area (Å²) in [5.74, 6) is 1.14. The lowest BCUT2D eigenvalue weighted by Gasteiger charge is -2.28. The van der Waals surface area contributed by atoms with Crippen molar-refractivity contribution in [3.05, 3.63) is 75.5 Å². The molecule has 10 nitrogen and oxygen atoms in total. The number of amidine groups is 1. The maximum absolute atomic E-state index is 11.9. The number of aliphatic imine (C=N–C) groups is 1. The molecule has 0 saturated carbocycles. The Kier molecular flexibility index (Phi) is 8.20. The van der Waals surface area contributed by atoms with E-state index in [0.29, 0.717) is 59.8 Å². The third-order valence-electron chi connectivity index (χ3n) is 6.03. The maximum atomic E-state index is 11.9. The Hall–Kier alpha value is -3.76. The average Bonchev–Trinajstić information content (AvgIpc) is 3.40. The summed E-state index contributed by atoms with van der Waals surface area (Å²) in [6.07, 6.45) is 8.24. The molecule has 3 N–H and O–H groups in total. The van der Waals surface area contributed by atoms with E-state index in [1.54, 1.807) is 32.3 Å². The van der Waals surface area contributed by atoms with Crippen LogP contribution in [0.4, 0.5) is 17.1 Å². The molecule has 0 bridgehead atoms. The highest BCUT2D eigenvalue weighted by Gasteiger charge is 2.26. The zero-order valence-electron chi connectivity index (χ0n) is 20.9. The first-order chi connectivity index (χ1) is 17.8. The minimum absolute atomic E-state index is 0.153. The van der Waals surface area contributed by atoms with E-state index >= 15 is 0 Å². The summed E-state index contributed by atoms with van der Waals surface area (Å²) in [4.78, 5) is 15.7. The van der Waals surface area contributed by atoms with E-state index in [9.17, 15) is 10.1 Å². The van der Waals surface area contributed by atoms with Gasteiger partial charge in [0.15, 0.2) is 5.75 Å². The zero-order chi connectivity index (χ0) is 26.4. The Morgan fingerprint density at radius 3 is 2.78 bits per heavy atom. The second-order valence-corrected chi connectivity index (χ2v) is 9.29. The lowest BCUT2D eigenvalue weighted by Crippen LogP contribution is -2.43. The molecule has 1 fully saturated rings. The van der Waals surface area contributed by atoms with Gasteiger partial charge in [0.1, 0.15) is 24.3 Å². The topological polar surface area (TPSA) is 119 Å². The summed E-state index contributed by atoms with van der Waals surface area (Å²) in [5.41, 5.74) is 1.29. The normalized spacial score (nSPS) is 20.9. The number of hydrogen-bond donors (Lipinski definition) is 3. The molecule has 2 aliphatic heterocycles. The van der Waals surface area contributed by atoms with Crippen LogP contribution in [0.5, 0.6) is 11.5 Å². The fraction of sp³-hybridized carbons (Fsp3) is 0.346. The van der Waals surface area contributed by atoms with Gasteiger partial charge in [0, 0.05) is 49.6 Å². The van der Waals surface area contributed by atoms with Gasteiger partial charge < -0.3 is 30.2 Å². The molecule has 2 heterocycles. The van der Waals surface area contributed by atoms with E-state index in [1.165, 1.54) is 6.07 Å². The minimum Gasteiger partial charge on any atom is -0.489 e. The van der Waals surface area contributed by atoms with Crippen LogP contribution in [0.1, 0.15) is 18.9 Å². The van der Waals surface area contributed by atoms with Crippen molar-refractivity contribution in [1.82, 2.24) is 5.32 Å². The summed E-state index contributed by atoms with van der Waals surface area (Å²) in [7, 11) is 3.34. The van der Waals surface area contributed by atoms with Crippen LogP contribution >= 0.6 is 11.6 Å². The molecule has 0 aromatic heterocycles. The summed E-state index contributed by atoms with van der Waals surface area (Å²) in [5, 5.41) is 21.8. The number of allylic oxidation sites excluding steroid dienone is 2. The third kappa shape index (κ3) is 6.33. The van der Waals surface area contributed by atoms with Gasteiger partial charge in [-0.05, 0) is 37.4 Å². The maximum Gasteiger partial charge on any atom is 0.311 e. The number of benzene rings is 2. The molecule has 0 radical (unpaired) electrons. The lowest BCUT2D eigenvalue weighted by atomic mass is 10.0. The molecular weight excluding hydrogens is 498 g/mol. The van der Waals surface area contributed by atoms with Crippen LogP contribution in [-0.4, -0.2) is 56.3 Å². The Balaban J connectivity index is 1.53. The Labute approximate surface area is 220 Å². The van der Waals surface area contributed by atoms with Crippen molar-refractivity contribution in [3.63, 3.8) is 0 Å². The highest BCUT2D eigenvalue weighted by atomic mass is 35.5. The number of nitro benzene ring substituents is 1. The standard InChI is InChI=1S/C26H30ClN5O5/c1-26(9-4-5-10-30-26)16-36-23-7-6-17(12-20(23)27)31-25(29-3)19-13-22(32(33)34)24(14-21(19)28-2)37-18-8-11-35-15-18/h4-7,9-10,12-14,18,28,30H,8,11,15-16H2,1-3H3,(H,29,31). The fourth-order valence-electron chi connectivity index (χ4n) is 4.00. The smallest absolute Gasteiger partial charge is 0.311 e. The highest BCUT2D eigenvalue weighted by Crippen LogP contribution is 2.36. The molecule has 2 atom stereocenters. The number of anilines is 2. The first-order valence-electron chi connectivity index (χ1n) is 11.8. The van der Waals surface area contributed by atoms with Crippen LogP contribution in [0, 0.1) is 10.1 Å². The van der Waals surface area contributed by atoms with Gasteiger partial charge in [-0.15, -0.1) is 0 Å². The van der Waals surface area contributed by atoms with Gasteiger partial charge in [-0.3, -0.25) is 15.1 Å². The first kappa shape index (κ1) is 26.3. The van der Waals surface area contributed by atoms with Crippen LogP contribution in [0.2, 0.25) is 5.02 Å². The summed E-state index contributed by atoms with van der Waals surface area (Å²) in [6, 6.07) is 8.37. The first-order valence-corrected chi connectivity index (χ1v) is 12.2. The van der Waals surface area contributed by atoms with Crippen molar-refractivity contribution in [2.75, 3.05) is 44.5 Å². The molecule has 0 spiro atoms. The molecule has 0 amide bonds. The van der Waals surface area contributed by atoms with Gasteiger partial charge in [-0.1, -0.05) is 23.8 Å². The Morgan fingerprint density at radius 2 is 2.16 bits per heavy atom. The predicted octanol–water partition coefficient (Wildman–Crippen LogP) is 4.76. The Morgan fingerprint density at radius 1 is 1.32 bits per heavy atom. The van der Waals surface area contributed by atoms with E-state index in [-0.39, 0.29) is 23.1 Å². The third-order valence-corrected chi connectivity index (χ3v) is 6.33. The van der Waals surface area contributed by atoms with Gasteiger partial charge >= 0.3 is 5.69 Å². The summed E-state index contributed by atoms with van der Waals surface area (Å²) < 4.78 is 17.2. The van der Waals surface area contributed by atoms with E-state index in [1.807, 2.05) is 37.4 Å². The molecule has 2 aromatic carbocycles. The van der Waals surface area contributed by atoms with E-state index in [4.69, 9.17) is 25.8 Å². The van der Waals surface area contributed by atoms with Crippen molar-refractivity contribution in [2.24, 2.45) is 4.99 Å². The second-order valence-electron chi connectivity index (χ2n) is 8.89. The molecule has 196 valence electrons. The molecule has 4 rings (SSSR count). The quantitative estimate of drug-likeness (QED) is 0.185. The molecule has 2 aliphatic rings. The molecule has 11 heteroatoms. The summed E-state index contributed by atoms with van der Waals surface area (Å²) in [6.45, 7) is 3.39. The van der Waals surface area contributed by atoms with E-state index in [2.05, 4.69) is 20.9 Å². The Bertz CT molecular complexity index is 1240. The van der Waals surface area contributed by atoms with Gasteiger partial charge in [0.05, 0.1) is 28.7 Å². The number of ether oxygens (including phenoxy) is 3. The number of dihydropyridines is 1. The van der Waals surface area contributed by atoms with E-state index < -0.39 is 4.92 Å². The number of nitrogens with one attached hydrogen (secondary N) is 3. The molecule has 37 heavy (non-hydrogen) atoms. The van der Waals surface area contributed by atoms with Gasteiger partial charge in [-0.2, -0.15) is 0 Å². The second kappa shape index (κ2) is 11.5. The van der Waals surface area contributed by atoms with E-state index in [0.717, 1.165) is 0 Å². The number of rotatable bonds is 9. The fourth-order valence-corrected chi connectivity index (χ4v) is 4.23. The van der Waals surface area contributed by atoms with Crippen LogP contribution < -0.4 is 25.4 Å². The van der Waals surface area contributed by atoms with Crippen molar-refractivity contribution < 1.29 is 19.1 Å². The highest BCUT2D eigenvalue weighted by molar-refractivity contribution is 6.32. The molecule has 2 unspecified atom stereocenters. The van der Waals surface area contributed by atoms with Crippen molar-refractivity contribution in [3.8, 4) is 11.5 Å². The average molecular weight is 528 g/mol. The molecule has 0 aliphatic carbocycles. The number of nitro groups is 1. The van der Waals surface area contributed by atoms with Gasteiger partial charge in [0.25, 0.3) is 0 Å². The molecule has 2 aromatic rings. The van der Waals surface area contributed by atoms with Crippen LogP contribution in [0.25, 0.3) is 0 Å². The number of nitrogens with zero attached hydrogens (tertiary/aromatic N) is 2. The predicted molar refractivity (Wildman–Crippen MR) is 145 cm³/mol. The number of hydrogen-bond acceptors (Lipinski definition) is 8. The molecular formula is C26H30ClN5O5. The van der Waals surface area contributed by atoms with Crippen LogP contribution in [-0.2, 0) is 4.74 Å². The largest absolute Gasteiger partial charge is 0.489 e. The van der Waals surface area contributed by atoms with Crippen molar-refractivity contribution in [1.29, 1.82) is 0 Å². The van der Waals surface area contributed by atoms with Gasteiger partial charge in [0.2, 0.25) is 0 Å². The summed E-state index contributed by atoms with van der Waals surface area (Å²) >= 11 is 6.51. The zero-order valence-corrected chi connectivity index (χ0v) is 21.7. The lowest BCUT2D eigenvalue weighted by molar-refractivity contribution is -0.386. The van der Waals surface area contributed by atoms with Gasteiger partial charge in [-0.25, -0.2) is 0 Å².